The Morgan fingerprint density at radius 3 is 2.16 bits per heavy atom. The average Bonchev–Trinajstić information content (AvgIpc) is 3.36. The number of aliphatic carboxylic acids is 2. The quantitative estimate of drug-likeness (QED) is 0.0561. The van der Waals surface area contributed by atoms with Crippen LogP contribution in [0.3, 0.4) is 0 Å². The molecule has 0 bridgehead atoms. The number of imidazole rings is 1. The largest absolute Gasteiger partial charge is 0.481 e. The van der Waals surface area contributed by atoms with E-state index < -0.39 is 60.2 Å². The number of carboxylic acid groups (broad SMARTS) is 2. The van der Waals surface area contributed by atoms with Gasteiger partial charge in [-0.3, -0.25) is 24.2 Å². The van der Waals surface area contributed by atoms with Gasteiger partial charge in [-0.25, -0.2) is 9.78 Å². The summed E-state index contributed by atoms with van der Waals surface area (Å²) in [5.41, 5.74) is 16.8. The highest BCUT2D eigenvalue weighted by Gasteiger charge is 2.32. The molecule has 0 fully saturated rings. The van der Waals surface area contributed by atoms with Gasteiger partial charge in [-0.1, -0.05) is 20.3 Å². The third-order valence-electron chi connectivity index (χ3n) is 5.74. The number of rotatable bonds is 17. The normalized spacial score (nSPS) is 14.7. The number of carboxylic acids is 2. The van der Waals surface area contributed by atoms with Gasteiger partial charge in [-0.2, -0.15) is 0 Å². The summed E-state index contributed by atoms with van der Waals surface area (Å²) in [5, 5.41) is 25.9. The van der Waals surface area contributed by atoms with E-state index in [1.54, 1.807) is 6.92 Å². The number of nitrogens with two attached hydrogens (primary N) is 3. The summed E-state index contributed by atoms with van der Waals surface area (Å²) in [6, 6.07) is -5.18. The Hall–Kier alpha value is -4.21. The maximum absolute atomic E-state index is 13.0. The first-order valence-corrected chi connectivity index (χ1v) is 12.0. The van der Waals surface area contributed by atoms with Crippen molar-refractivity contribution in [2.45, 2.75) is 70.1 Å². The van der Waals surface area contributed by atoms with Gasteiger partial charge in [0.25, 0.3) is 0 Å². The van der Waals surface area contributed by atoms with Crippen LogP contribution < -0.4 is 33.2 Å². The van der Waals surface area contributed by atoms with E-state index in [0.717, 1.165) is 0 Å². The van der Waals surface area contributed by atoms with E-state index in [1.807, 2.05) is 6.92 Å². The molecule has 12 N–H and O–H groups in total. The first-order valence-electron chi connectivity index (χ1n) is 12.0. The van der Waals surface area contributed by atoms with Crippen LogP contribution in [-0.4, -0.2) is 86.5 Å². The van der Waals surface area contributed by atoms with Gasteiger partial charge >= 0.3 is 11.9 Å². The van der Waals surface area contributed by atoms with Crippen molar-refractivity contribution in [2.24, 2.45) is 28.1 Å². The van der Waals surface area contributed by atoms with Crippen LogP contribution in [0.25, 0.3) is 0 Å². The van der Waals surface area contributed by atoms with E-state index in [9.17, 15) is 34.2 Å². The molecule has 16 heteroatoms. The van der Waals surface area contributed by atoms with E-state index in [4.69, 9.17) is 17.2 Å². The Morgan fingerprint density at radius 2 is 1.63 bits per heavy atom. The molecule has 1 aromatic heterocycles. The van der Waals surface area contributed by atoms with Crippen molar-refractivity contribution in [1.82, 2.24) is 25.9 Å². The zero-order valence-corrected chi connectivity index (χ0v) is 21.3. The van der Waals surface area contributed by atoms with Crippen LogP contribution in [-0.2, 0) is 30.4 Å². The van der Waals surface area contributed by atoms with Crippen LogP contribution in [0.4, 0.5) is 0 Å². The number of nitrogens with one attached hydrogen (secondary N) is 4. The van der Waals surface area contributed by atoms with Crippen molar-refractivity contribution in [2.75, 3.05) is 6.54 Å². The Bertz CT molecular complexity index is 980. The number of amides is 3. The van der Waals surface area contributed by atoms with Crippen molar-refractivity contribution in [3.63, 3.8) is 0 Å². The second-order valence-corrected chi connectivity index (χ2v) is 8.76. The summed E-state index contributed by atoms with van der Waals surface area (Å²) in [7, 11) is 0. The lowest BCUT2D eigenvalue weighted by atomic mass is 9.99. The predicted octanol–water partition coefficient (Wildman–Crippen LogP) is -2.61. The van der Waals surface area contributed by atoms with E-state index in [0.29, 0.717) is 12.1 Å². The van der Waals surface area contributed by atoms with Gasteiger partial charge in [0.05, 0.1) is 18.8 Å². The summed E-state index contributed by atoms with van der Waals surface area (Å²) in [4.78, 5) is 72.0. The third kappa shape index (κ3) is 11.2. The van der Waals surface area contributed by atoms with Gasteiger partial charge in [0.15, 0.2) is 5.96 Å². The lowest BCUT2D eigenvalue weighted by Crippen LogP contribution is -2.58. The molecule has 0 aliphatic heterocycles. The number of H-pyrrole nitrogens is 1. The number of aromatic amines is 1. The molecule has 16 nitrogen and oxygen atoms in total. The molecule has 3 amide bonds. The first kappa shape index (κ1) is 31.8. The van der Waals surface area contributed by atoms with E-state index in [2.05, 4.69) is 30.9 Å². The SMILES string of the molecule is CCC(C)C(N)C(=O)NC(CC(=O)O)C(=O)NC(Cc1cnc[nH]1)C(=O)NC(CCCN=C(N)N)C(=O)O. The molecule has 0 saturated heterocycles. The Balaban J connectivity index is 3.06. The topological polar surface area (TPSA) is 281 Å². The maximum atomic E-state index is 13.0. The number of hydrogen-bond acceptors (Lipinski definition) is 8. The fraction of sp³-hybridized carbons (Fsp3) is 0.591. The van der Waals surface area contributed by atoms with Gasteiger partial charge < -0.3 is 48.3 Å². The molecule has 212 valence electrons. The monoisotopic (exact) mass is 539 g/mol. The molecule has 0 aromatic carbocycles. The lowest BCUT2D eigenvalue weighted by molar-refractivity contribution is -0.143. The predicted molar refractivity (Wildman–Crippen MR) is 135 cm³/mol. The summed E-state index contributed by atoms with van der Waals surface area (Å²) < 4.78 is 0. The van der Waals surface area contributed by atoms with Gasteiger partial charge in [0.1, 0.15) is 18.1 Å². The molecule has 1 heterocycles. The number of aliphatic imine (C=N–C) groups is 1. The number of aromatic nitrogens is 2. The minimum absolute atomic E-state index is 0.00618. The summed E-state index contributed by atoms with van der Waals surface area (Å²) >= 11 is 0. The molecule has 1 aromatic rings. The van der Waals surface area contributed by atoms with Gasteiger partial charge in [0, 0.05) is 24.9 Å². The van der Waals surface area contributed by atoms with Crippen molar-refractivity contribution >= 4 is 35.6 Å². The van der Waals surface area contributed by atoms with Crippen LogP contribution in [0.15, 0.2) is 17.5 Å². The number of carbonyl (C=O) groups is 5. The molecular weight excluding hydrogens is 502 g/mol. The van der Waals surface area contributed by atoms with Crippen LogP contribution >= 0.6 is 0 Å². The molecule has 0 spiro atoms. The van der Waals surface area contributed by atoms with Crippen LogP contribution in [0.2, 0.25) is 0 Å². The molecule has 0 aliphatic rings. The fourth-order valence-electron chi connectivity index (χ4n) is 3.30. The van der Waals surface area contributed by atoms with E-state index in [1.165, 1.54) is 12.5 Å². The third-order valence-corrected chi connectivity index (χ3v) is 5.74. The zero-order valence-electron chi connectivity index (χ0n) is 21.3. The molecule has 0 saturated carbocycles. The van der Waals surface area contributed by atoms with Gasteiger partial charge in [0.2, 0.25) is 17.7 Å². The highest BCUT2D eigenvalue weighted by Crippen LogP contribution is 2.08. The average molecular weight is 540 g/mol. The number of carbonyl (C=O) groups excluding carboxylic acids is 3. The van der Waals surface area contributed by atoms with E-state index in [-0.39, 0.29) is 37.7 Å². The number of hydrogen-bond donors (Lipinski definition) is 9. The number of nitrogens with zero attached hydrogens (tertiary/aromatic N) is 2. The van der Waals surface area contributed by atoms with Crippen molar-refractivity contribution in [1.29, 1.82) is 0 Å². The van der Waals surface area contributed by atoms with Crippen LogP contribution in [0, 0.1) is 5.92 Å². The smallest absolute Gasteiger partial charge is 0.326 e. The zero-order chi connectivity index (χ0) is 28.8. The highest BCUT2D eigenvalue weighted by molar-refractivity contribution is 5.95. The Labute approximate surface area is 219 Å². The minimum Gasteiger partial charge on any atom is -0.481 e. The van der Waals surface area contributed by atoms with Crippen LogP contribution in [0.5, 0.6) is 0 Å². The molecule has 0 aliphatic carbocycles. The molecule has 5 atom stereocenters. The van der Waals surface area contributed by atoms with Crippen molar-refractivity contribution in [3.05, 3.63) is 18.2 Å². The molecule has 0 radical (unpaired) electrons. The maximum Gasteiger partial charge on any atom is 0.326 e. The fourth-order valence-corrected chi connectivity index (χ4v) is 3.30. The van der Waals surface area contributed by atoms with E-state index >= 15 is 0 Å². The highest BCUT2D eigenvalue weighted by atomic mass is 16.4. The molecule has 1 rings (SSSR count). The molecule has 5 unspecified atom stereocenters. The number of guanidine groups is 1. The van der Waals surface area contributed by atoms with Crippen molar-refractivity contribution in [3.8, 4) is 0 Å². The van der Waals surface area contributed by atoms with Gasteiger partial charge in [-0.15, -0.1) is 0 Å². The second kappa shape index (κ2) is 15.8. The van der Waals surface area contributed by atoms with Crippen molar-refractivity contribution < 1.29 is 34.2 Å². The Morgan fingerprint density at radius 1 is 1.03 bits per heavy atom. The summed E-state index contributed by atoms with van der Waals surface area (Å²) in [6.45, 7) is 3.70. The summed E-state index contributed by atoms with van der Waals surface area (Å²) in [5.74, 6) is -5.61. The first-order chi connectivity index (χ1) is 17.8. The second-order valence-electron chi connectivity index (χ2n) is 8.76. The summed E-state index contributed by atoms with van der Waals surface area (Å²) in [6.07, 6.45) is 2.67. The Kier molecular flexibility index (Phi) is 13.2. The van der Waals surface area contributed by atoms with Gasteiger partial charge in [-0.05, 0) is 18.8 Å². The standard InChI is InChI=1S/C22H37N9O7/c1-3-11(2)17(23)20(36)31-15(8-16(32)33)19(35)30-14(7-12-9-26-10-28-12)18(34)29-13(21(37)38)5-4-6-27-22(24)25/h9-11,13-15,17H,3-8,23H2,1-2H3,(H,26,28)(H,29,34)(H,30,35)(H,31,36)(H,32,33)(H,37,38)(H4,24,25,27). The molecular formula is C22H37N9O7. The van der Waals surface area contributed by atoms with Crippen LogP contribution in [0.1, 0.15) is 45.2 Å². The minimum atomic E-state index is -1.54. The molecule has 38 heavy (non-hydrogen) atoms. The lowest BCUT2D eigenvalue weighted by Gasteiger charge is -2.25.